The molecular weight excluding hydrogens is 360 g/mol. The molecule has 1 N–H and O–H groups in total. The molecule has 0 bridgehead atoms. The molecule has 0 aliphatic rings. The fourth-order valence-corrected chi connectivity index (χ4v) is 2.81. The topological polar surface area (TPSA) is 46.9 Å². The molecule has 0 radical (unpaired) electrons. The van der Waals surface area contributed by atoms with Crippen LogP contribution in [0.4, 0.5) is 8.78 Å². The number of carbonyl (C=O) groups excluding carboxylic acids is 1. The number of nitrogens with zero attached hydrogens (tertiary/aromatic N) is 2. The van der Waals surface area contributed by atoms with E-state index in [0.29, 0.717) is 19.5 Å². The standard InChI is InChI=1S/C19H16ClF2N3O/c20-15-11-17(22)16(21)10-14(15)19(26)24-7-6-18-23-8-9-25(18)12-13-4-2-1-3-5-13/h1-5,8-11H,6-7,12H2,(H,24,26). The van der Waals surface area contributed by atoms with Crippen molar-refractivity contribution in [3.05, 3.63) is 88.5 Å². The molecule has 3 rings (SSSR count). The Morgan fingerprint density at radius 2 is 1.88 bits per heavy atom. The lowest BCUT2D eigenvalue weighted by Crippen LogP contribution is -2.27. The van der Waals surface area contributed by atoms with Gasteiger partial charge in [0.1, 0.15) is 5.82 Å². The van der Waals surface area contributed by atoms with Crippen LogP contribution in [0.2, 0.25) is 5.02 Å². The summed E-state index contributed by atoms with van der Waals surface area (Å²) in [7, 11) is 0. The van der Waals surface area contributed by atoms with Gasteiger partial charge in [-0.2, -0.15) is 0 Å². The van der Waals surface area contributed by atoms with E-state index in [-0.39, 0.29) is 10.6 Å². The predicted molar refractivity (Wildman–Crippen MR) is 95.2 cm³/mol. The molecule has 134 valence electrons. The highest BCUT2D eigenvalue weighted by atomic mass is 35.5. The molecule has 4 nitrogen and oxygen atoms in total. The van der Waals surface area contributed by atoms with Crippen LogP contribution in [0.5, 0.6) is 0 Å². The molecule has 0 spiro atoms. The highest BCUT2D eigenvalue weighted by Gasteiger charge is 2.15. The molecule has 3 aromatic rings. The number of hydrogen-bond donors (Lipinski definition) is 1. The van der Waals surface area contributed by atoms with Gasteiger partial charge in [0.25, 0.3) is 5.91 Å². The summed E-state index contributed by atoms with van der Waals surface area (Å²) in [6.45, 7) is 0.971. The third kappa shape index (κ3) is 4.26. The maximum absolute atomic E-state index is 13.3. The lowest BCUT2D eigenvalue weighted by atomic mass is 10.2. The molecule has 0 unspecified atom stereocenters. The summed E-state index contributed by atoms with van der Waals surface area (Å²) < 4.78 is 28.4. The average Bonchev–Trinajstić information content (AvgIpc) is 3.06. The molecule has 0 fully saturated rings. The van der Waals surface area contributed by atoms with Gasteiger partial charge in [-0.15, -0.1) is 0 Å². The van der Waals surface area contributed by atoms with Crippen LogP contribution in [0.3, 0.4) is 0 Å². The number of nitrogens with one attached hydrogen (secondary N) is 1. The van der Waals surface area contributed by atoms with Gasteiger partial charge in [-0.25, -0.2) is 13.8 Å². The molecule has 2 aromatic carbocycles. The molecule has 0 saturated heterocycles. The number of benzene rings is 2. The monoisotopic (exact) mass is 375 g/mol. The normalized spacial score (nSPS) is 10.7. The minimum absolute atomic E-state index is 0.0989. The van der Waals surface area contributed by atoms with E-state index in [9.17, 15) is 13.6 Å². The van der Waals surface area contributed by atoms with Crippen LogP contribution in [0.15, 0.2) is 54.9 Å². The molecular formula is C19H16ClF2N3O. The second-order valence-corrected chi connectivity index (χ2v) is 6.12. The van der Waals surface area contributed by atoms with Crippen molar-refractivity contribution >= 4 is 17.5 Å². The summed E-state index contributed by atoms with van der Waals surface area (Å²) in [6.07, 6.45) is 4.07. The van der Waals surface area contributed by atoms with Crippen molar-refractivity contribution in [2.75, 3.05) is 6.54 Å². The van der Waals surface area contributed by atoms with Gasteiger partial charge in [0.15, 0.2) is 11.6 Å². The van der Waals surface area contributed by atoms with Crippen LogP contribution >= 0.6 is 11.6 Å². The van der Waals surface area contributed by atoms with Crippen LogP contribution < -0.4 is 5.32 Å². The Morgan fingerprint density at radius 3 is 2.65 bits per heavy atom. The van der Waals surface area contributed by atoms with Gasteiger partial charge in [0.05, 0.1) is 10.6 Å². The van der Waals surface area contributed by atoms with E-state index in [0.717, 1.165) is 23.5 Å². The first-order chi connectivity index (χ1) is 12.5. The van der Waals surface area contributed by atoms with E-state index in [1.807, 2.05) is 41.1 Å². The molecule has 1 amide bonds. The summed E-state index contributed by atoms with van der Waals surface area (Å²) in [5, 5.41) is 2.52. The minimum Gasteiger partial charge on any atom is -0.352 e. The SMILES string of the molecule is O=C(NCCc1nccn1Cc1ccccc1)c1cc(F)c(F)cc1Cl. The average molecular weight is 376 g/mol. The maximum Gasteiger partial charge on any atom is 0.252 e. The smallest absolute Gasteiger partial charge is 0.252 e. The first-order valence-corrected chi connectivity index (χ1v) is 8.39. The van der Waals surface area contributed by atoms with E-state index >= 15 is 0 Å². The summed E-state index contributed by atoms with van der Waals surface area (Å²) >= 11 is 5.81. The van der Waals surface area contributed by atoms with Crippen LogP contribution in [0.25, 0.3) is 0 Å². The fourth-order valence-electron chi connectivity index (χ4n) is 2.57. The number of hydrogen-bond acceptors (Lipinski definition) is 2. The quantitative estimate of drug-likeness (QED) is 0.665. The van der Waals surface area contributed by atoms with E-state index in [4.69, 9.17) is 11.6 Å². The van der Waals surface area contributed by atoms with Crippen LogP contribution in [-0.2, 0) is 13.0 Å². The van der Waals surface area contributed by atoms with Crippen molar-refractivity contribution in [3.8, 4) is 0 Å². The zero-order chi connectivity index (χ0) is 18.5. The zero-order valence-electron chi connectivity index (χ0n) is 13.8. The van der Waals surface area contributed by atoms with Crippen molar-refractivity contribution in [2.45, 2.75) is 13.0 Å². The molecule has 1 aromatic heterocycles. The van der Waals surface area contributed by atoms with E-state index in [2.05, 4.69) is 10.3 Å². The number of carbonyl (C=O) groups is 1. The summed E-state index contributed by atoms with van der Waals surface area (Å²) in [6, 6.07) is 11.5. The van der Waals surface area contributed by atoms with Crippen molar-refractivity contribution in [2.24, 2.45) is 0 Å². The Bertz CT molecular complexity index is 912. The highest BCUT2D eigenvalue weighted by molar-refractivity contribution is 6.33. The summed E-state index contributed by atoms with van der Waals surface area (Å²) in [5.41, 5.74) is 1.04. The van der Waals surface area contributed by atoms with Crippen molar-refractivity contribution in [1.29, 1.82) is 0 Å². The zero-order valence-corrected chi connectivity index (χ0v) is 14.5. The first-order valence-electron chi connectivity index (χ1n) is 8.01. The van der Waals surface area contributed by atoms with Gasteiger partial charge < -0.3 is 9.88 Å². The Hall–Kier alpha value is -2.73. The number of amides is 1. The number of imidazole rings is 1. The van der Waals surface area contributed by atoms with Gasteiger partial charge in [-0.3, -0.25) is 4.79 Å². The second kappa shape index (κ2) is 8.10. The van der Waals surface area contributed by atoms with Crippen molar-refractivity contribution in [1.82, 2.24) is 14.9 Å². The molecule has 0 aliphatic heterocycles. The first kappa shape index (κ1) is 18.1. The predicted octanol–water partition coefficient (Wildman–Crippen LogP) is 3.84. The third-order valence-electron chi connectivity index (χ3n) is 3.89. The van der Waals surface area contributed by atoms with Gasteiger partial charge in [0, 0.05) is 31.9 Å². The lowest BCUT2D eigenvalue weighted by molar-refractivity contribution is 0.0953. The molecule has 0 atom stereocenters. The second-order valence-electron chi connectivity index (χ2n) is 5.71. The summed E-state index contributed by atoms with van der Waals surface area (Å²) in [4.78, 5) is 16.4. The number of halogens is 3. The van der Waals surface area contributed by atoms with Gasteiger partial charge in [-0.1, -0.05) is 41.9 Å². The Labute approximate surface area is 154 Å². The molecule has 26 heavy (non-hydrogen) atoms. The Balaban J connectivity index is 1.60. The molecule has 7 heteroatoms. The van der Waals surface area contributed by atoms with Gasteiger partial charge in [0.2, 0.25) is 0 Å². The van der Waals surface area contributed by atoms with Crippen LogP contribution in [0.1, 0.15) is 21.7 Å². The maximum atomic E-state index is 13.3. The van der Waals surface area contributed by atoms with Crippen molar-refractivity contribution in [3.63, 3.8) is 0 Å². The Morgan fingerprint density at radius 1 is 1.15 bits per heavy atom. The molecule has 0 aliphatic carbocycles. The largest absolute Gasteiger partial charge is 0.352 e. The molecule has 0 saturated carbocycles. The lowest BCUT2D eigenvalue weighted by Gasteiger charge is -2.10. The van der Waals surface area contributed by atoms with E-state index in [1.54, 1.807) is 6.20 Å². The fraction of sp³-hybridized carbons (Fsp3) is 0.158. The van der Waals surface area contributed by atoms with Crippen LogP contribution in [0, 0.1) is 11.6 Å². The van der Waals surface area contributed by atoms with E-state index in [1.165, 1.54) is 0 Å². The van der Waals surface area contributed by atoms with Crippen molar-refractivity contribution < 1.29 is 13.6 Å². The van der Waals surface area contributed by atoms with Gasteiger partial charge in [-0.05, 0) is 17.7 Å². The molecule has 1 heterocycles. The minimum atomic E-state index is -1.11. The Kier molecular flexibility index (Phi) is 5.63. The number of aromatic nitrogens is 2. The summed E-state index contributed by atoms with van der Waals surface area (Å²) in [5.74, 6) is -1.95. The number of rotatable bonds is 6. The third-order valence-corrected chi connectivity index (χ3v) is 4.20. The van der Waals surface area contributed by atoms with Gasteiger partial charge >= 0.3 is 0 Å². The van der Waals surface area contributed by atoms with Crippen LogP contribution in [-0.4, -0.2) is 22.0 Å². The highest BCUT2D eigenvalue weighted by Crippen LogP contribution is 2.19. The van der Waals surface area contributed by atoms with E-state index < -0.39 is 17.5 Å².